The van der Waals surface area contributed by atoms with E-state index in [1.54, 1.807) is 23.1 Å². The van der Waals surface area contributed by atoms with Gasteiger partial charge in [0.15, 0.2) is 0 Å². The van der Waals surface area contributed by atoms with Crippen LogP contribution in [0.1, 0.15) is 11.3 Å². The largest absolute Gasteiger partial charge is 0.337 e. The molecule has 0 bridgehead atoms. The first kappa shape index (κ1) is 12.8. The van der Waals surface area contributed by atoms with Gasteiger partial charge in [-0.25, -0.2) is 4.39 Å². The molecule has 2 heterocycles. The smallest absolute Gasteiger partial charge is 0.236 e. The summed E-state index contributed by atoms with van der Waals surface area (Å²) in [5.74, 6) is -0.416. The lowest BCUT2D eigenvalue weighted by atomic mass is 10.0. The predicted octanol–water partition coefficient (Wildman–Crippen LogP) is 1.06. The molecule has 0 saturated carbocycles. The quantitative estimate of drug-likeness (QED) is 0.860. The molecule has 5 nitrogen and oxygen atoms in total. The predicted molar refractivity (Wildman–Crippen MR) is 72.2 cm³/mol. The summed E-state index contributed by atoms with van der Waals surface area (Å²) < 4.78 is 13.9. The average Bonchev–Trinajstić information content (AvgIpc) is 2.90. The molecule has 0 unspecified atom stereocenters. The lowest BCUT2D eigenvalue weighted by Gasteiger charge is -2.26. The van der Waals surface area contributed by atoms with E-state index in [4.69, 9.17) is 5.73 Å². The summed E-state index contributed by atoms with van der Waals surface area (Å²) in [6, 6.07) is 6.50. The first-order valence-electron chi connectivity index (χ1n) is 6.49. The van der Waals surface area contributed by atoms with Gasteiger partial charge in [-0.05, 0) is 12.1 Å². The third kappa shape index (κ3) is 2.08. The van der Waals surface area contributed by atoms with E-state index in [0.29, 0.717) is 30.8 Å². The van der Waals surface area contributed by atoms with Crippen molar-refractivity contribution in [3.05, 3.63) is 41.3 Å². The van der Waals surface area contributed by atoms with Gasteiger partial charge in [-0.2, -0.15) is 5.10 Å². The second-order valence-corrected chi connectivity index (χ2v) is 4.78. The van der Waals surface area contributed by atoms with Gasteiger partial charge < -0.3 is 10.6 Å². The molecular formula is C14H15FN4O. The van der Waals surface area contributed by atoms with Gasteiger partial charge in [0.25, 0.3) is 0 Å². The lowest BCUT2D eigenvalue weighted by molar-refractivity contribution is -0.130. The second-order valence-electron chi connectivity index (χ2n) is 4.78. The minimum Gasteiger partial charge on any atom is -0.337 e. The van der Waals surface area contributed by atoms with Crippen molar-refractivity contribution in [3.63, 3.8) is 0 Å². The number of nitrogens with zero attached hydrogens (tertiary/aromatic N) is 2. The van der Waals surface area contributed by atoms with E-state index in [2.05, 4.69) is 10.2 Å². The number of nitrogens with one attached hydrogen (secondary N) is 1. The van der Waals surface area contributed by atoms with Crippen molar-refractivity contribution in [2.75, 3.05) is 13.1 Å². The zero-order valence-corrected chi connectivity index (χ0v) is 10.9. The Kier molecular flexibility index (Phi) is 3.23. The van der Waals surface area contributed by atoms with Crippen LogP contribution in [0.3, 0.4) is 0 Å². The highest BCUT2D eigenvalue weighted by Crippen LogP contribution is 2.29. The van der Waals surface area contributed by atoms with Crippen molar-refractivity contribution in [3.8, 4) is 11.3 Å². The zero-order valence-electron chi connectivity index (χ0n) is 10.9. The number of hydrogen-bond acceptors (Lipinski definition) is 3. The third-order valence-electron chi connectivity index (χ3n) is 3.59. The Bertz CT molecular complexity index is 652. The number of amides is 1. The van der Waals surface area contributed by atoms with Crippen molar-refractivity contribution in [1.82, 2.24) is 15.1 Å². The van der Waals surface area contributed by atoms with Crippen LogP contribution in [0.15, 0.2) is 24.3 Å². The van der Waals surface area contributed by atoms with Crippen LogP contribution in [0.2, 0.25) is 0 Å². The van der Waals surface area contributed by atoms with Crippen LogP contribution in [-0.2, 0) is 17.8 Å². The number of halogens is 1. The number of benzene rings is 1. The highest BCUT2D eigenvalue weighted by atomic mass is 19.1. The molecule has 2 aromatic rings. The molecule has 1 aliphatic heterocycles. The van der Waals surface area contributed by atoms with Gasteiger partial charge in [-0.15, -0.1) is 0 Å². The first-order valence-corrected chi connectivity index (χ1v) is 6.49. The van der Waals surface area contributed by atoms with Gasteiger partial charge in [-0.3, -0.25) is 9.89 Å². The number of fused-ring (bicyclic) bond motifs is 1. The van der Waals surface area contributed by atoms with Crippen LogP contribution in [-0.4, -0.2) is 34.1 Å². The van der Waals surface area contributed by atoms with Gasteiger partial charge >= 0.3 is 0 Å². The SMILES string of the molecule is NCC(=O)N1CCc2[nH]nc(-c3ccccc3F)c2C1. The number of nitrogens with two attached hydrogens (primary N) is 1. The number of aromatic nitrogens is 2. The zero-order chi connectivity index (χ0) is 14.1. The van der Waals surface area contributed by atoms with Gasteiger partial charge in [-0.1, -0.05) is 12.1 Å². The number of H-pyrrole nitrogens is 1. The molecule has 0 radical (unpaired) electrons. The molecule has 1 amide bonds. The number of carbonyl (C=O) groups excluding carboxylic acids is 1. The molecule has 0 atom stereocenters. The maximum Gasteiger partial charge on any atom is 0.236 e. The van der Waals surface area contributed by atoms with Crippen LogP contribution in [0, 0.1) is 5.82 Å². The normalized spacial score (nSPS) is 14.2. The van der Waals surface area contributed by atoms with Crippen LogP contribution in [0.5, 0.6) is 0 Å². The van der Waals surface area contributed by atoms with Crippen LogP contribution >= 0.6 is 0 Å². The Hall–Kier alpha value is -2.21. The van der Waals surface area contributed by atoms with Crippen molar-refractivity contribution in [2.24, 2.45) is 5.73 Å². The van der Waals surface area contributed by atoms with E-state index in [0.717, 1.165) is 11.3 Å². The molecule has 3 rings (SSSR count). The van der Waals surface area contributed by atoms with Crippen LogP contribution in [0.25, 0.3) is 11.3 Å². The van der Waals surface area contributed by atoms with Gasteiger partial charge in [0.05, 0.1) is 6.54 Å². The molecule has 20 heavy (non-hydrogen) atoms. The Morgan fingerprint density at radius 3 is 3.00 bits per heavy atom. The molecule has 1 aliphatic rings. The Morgan fingerprint density at radius 1 is 1.45 bits per heavy atom. The fourth-order valence-corrected chi connectivity index (χ4v) is 2.51. The van der Waals surface area contributed by atoms with E-state index in [9.17, 15) is 9.18 Å². The lowest BCUT2D eigenvalue weighted by Crippen LogP contribution is -2.39. The molecule has 104 valence electrons. The molecule has 3 N–H and O–H groups in total. The summed E-state index contributed by atoms with van der Waals surface area (Å²) in [5, 5.41) is 7.16. The highest BCUT2D eigenvalue weighted by molar-refractivity contribution is 5.79. The summed E-state index contributed by atoms with van der Waals surface area (Å²) in [5.41, 5.74) is 8.26. The number of hydrogen-bond donors (Lipinski definition) is 2. The standard InChI is InChI=1S/C14H15FN4O/c15-11-4-2-1-3-9(11)14-10-8-19(13(20)7-16)6-5-12(10)17-18-14/h1-4H,5-8,16H2,(H,17,18). The fourth-order valence-electron chi connectivity index (χ4n) is 2.51. The van der Waals surface area contributed by atoms with Gasteiger partial charge in [0.1, 0.15) is 11.5 Å². The van der Waals surface area contributed by atoms with Crippen molar-refractivity contribution in [1.29, 1.82) is 0 Å². The van der Waals surface area contributed by atoms with Crippen molar-refractivity contribution < 1.29 is 9.18 Å². The average molecular weight is 274 g/mol. The van der Waals surface area contributed by atoms with Crippen molar-refractivity contribution in [2.45, 2.75) is 13.0 Å². The maximum atomic E-state index is 13.9. The molecule has 6 heteroatoms. The molecule has 0 aliphatic carbocycles. The molecule has 0 fully saturated rings. The van der Waals surface area contributed by atoms with E-state index in [1.165, 1.54) is 6.07 Å². The van der Waals surface area contributed by atoms with E-state index in [-0.39, 0.29) is 18.3 Å². The summed E-state index contributed by atoms with van der Waals surface area (Å²) in [6.07, 6.45) is 0.683. The number of aromatic amines is 1. The highest BCUT2D eigenvalue weighted by Gasteiger charge is 2.25. The molecule has 1 aromatic carbocycles. The Labute approximate surface area is 115 Å². The van der Waals surface area contributed by atoms with Crippen molar-refractivity contribution >= 4 is 5.91 Å². The van der Waals surface area contributed by atoms with Gasteiger partial charge in [0.2, 0.25) is 5.91 Å². The minimum absolute atomic E-state index is 0.0117. The summed E-state index contributed by atoms with van der Waals surface area (Å²) in [4.78, 5) is 13.4. The minimum atomic E-state index is -0.316. The topological polar surface area (TPSA) is 75.0 Å². The fraction of sp³-hybridized carbons (Fsp3) is 0.286. The molecule has 0 saturated heterocycles. The monoisotopic (exact) mass is 274 g/mol. The van der Waals surface area contributed by atoms with E-state index in [1.807, 2.05) is 0 Å². The van der Waals surface area contributed by atoms with E-state index >= 15 is 0 Å². The van der Waals surface area contributed by atoms with Gasteiger partial charge in [0, 0.05) is 36.3 Å². The summed E-state index contributed by atoms with van der Waals surface area (Å²) in [7, 11) is 0. The third-order valence-corrected chi connectivity index (χ3v) is 3.59. The Morgan fingerprint density at radius 2 is 2.25 bits per heavy atom. The Balaban J connectivity index is 1.99. The van der Waals surface area contributed by atoms with Crippen LogP contribution in [0.4, 0.5) is 4.39 Å². The summed E-state index contributed by atoms with van der Waals surface area (Å²) >= 11 is 0. The van der Waals surface area contributed by atoms with E-state index < -0.39 is 0 Å². The van der Waals surface area contributed by atoms with Crippen LogP contribution < -0.4 is 5.73 Å². The number of carbonyl (C=O) groups is 1. The molecular weight excluding hydrogens is 259 g/mol. The molecule has 1 aromatic heterocycles. The first-order chi connectivity index (χ1) is 9.70. The summed E-state index contributed by atoms with van der Waals surface area (Å²) in [6.45, 7) is 1.02. The second kappa shape index (κ2) is 5.05. The number of rotatable bonds is 2. The maximum absolute atomic E-state index is 13.9. The molecule has 0 spiro atoms.